The molecule has 0 bridgehead atoms. The first-order chi connectivity index (χ1) is 31.2. The Hall–Kier alpha value is -8.40. The van der Waals surface area contributed by atoms with Crippen molar-refractivity contribution in [3.8, 4) is 55.9 Å². The van der Waals surface area contributed by atoms with Gasteiger partial charge in [0.25, 0.3) is 0 Å². The molecule has 0 saturated carbocycles. The summed E-state index contributed by atoms with van der Waals surface area (Å²) >= 11 is 0. The van der Waals surface area contributed by atoms with E-state index in [1.54, 1.807) is 0 Å². The number of benzene rings is 10. The predicted octanol–water partition coefficient (Wildman–Crippen LogP) is 16.2. The second kappa shape index (κ2) is 14.1. The predicted molar refractivity (Wildman–Crippen MR) is 266 cm³/mol. The van der Waals surface area contributed by atoms with Crippen molar-refractivity contribution in [1.82, 2.24) is 14.1 Å². The van der Waals surface area contributed by atoms with Gasteiger partial charge in [-0.25, -0.2) is 0 Å². The highest BCUT2D eigenvalue weighted by atomic mass is 15.0. The Bertz CT molecular complexity index is 3870. The number of H-pyrrole nitrogens is 1. The summed E-state index contributed by atoms with van der Waals surface area (Å²) < 4.78 is 4.77. The molecule has 0 aliphatic rings. The molecule has 0 fully saturated rings. The lowest BCUT2D eigenvalue weighted by Crippen LogP contribution is -1.93. The molecule has 63 heavy (non-hydrogen) atoms. The van der Waals surface area contributed by atoms with Crippen molar-refractivity contribution in [2.24, 2.45) is 0 Å². The molecular weight excluding hydrogens is 763 g/mol. The molecule has 13 rings (SSSR count). The van der Waals surface area contributed by atoms with Gasteiger partial charge in [0.15, 0.2) is 0 Å². The second-order valence-electron chi connectivity index (χ2n) is 16.6. The van der Waals surface area contributed by atoms with Crippen LogP contribution in [0.25, 0.3) is 121 Å². The van der Waals surface area contributed by atoms with Crippen LogP contribution in [0.3, 0.4) is 0 Å². The molecule has 13 aromatic rings. The average molecular weight is 802 g/mol. The normalized spacial score (nSPS) is 11.8. The summed E-state index contributed by atoms with van der Waals surface area (Å²) in [6, 6.07) is 84.1. The van der Waals surface area contributed by atoms with Gasteiger partial charge in [0.05, 0.1) is 27.6 Å². The molecular formula is C60H39N3. The van der Waals surface area contributed by atoms with Crippen LogP contribution in [0.2, 0.25) is 0 Å². The molecule has 10 aromatic carbocycles. The van der Waals surface area contributed by atoms with Gasteiger partial charge >= 0.3 is 0 Å². The number of nitrogens with one attached hydrogen (secondary N) is 1. The quantitative estimate of drug-likeness (QED) is 0.173. The van der Waals surface area contributed by atoms with Gasteiger partial charge < -0.3 is 14.1 Å². The summed E-state index contributed by atoms with van der Waals surface area (Å²) in [6.45, 7) is 0. The molecule has 0 unspecified atom stereocenters. The van der Waals surface area contributed by atoms with E-state index in [1.807, 2.05) is 0 Å². The van der Waals surface area contributed by atoms with Gasteiger partial charge in [-0.1, -0.05) is 164 Å². The fourth-order valence-electron chi connectivity index (χ4n) is 10.1. The third kappa shape index (κ3) is 5.67. The van der Waals surface area contributed by atoms with Crippen LogP contribution in [0, 0.1) is 0 Å². The van der Waals surface area contributed by atoms with Crippen LogP contribution in [-0.4, -0.2) is 14.1 Å². The van der Waals surface area contributed by atoms with Crippen LogP contribution in [-0.2, 0) is 0 Å². The highest BCUT2D eigenvalue weighted by Crippen LogP contribution is 2.41. The number of hydrogen-bond donors (Lipinski definition) is 1. The van der Waals surface area contributed by atoms with Crippen LogP contribution < -0.4 is 0 Å². The molecule has 3 heteroatoms. The highest BCUT2D eigenvalue weighted by Gasteiger charge is 2.17. The van der Waals surface area contributed by atoms with E-state index in [9.17, 15) is 0 Å². The van der Waals surface area contributed by atoms with Crippen LogP contribution in [0.1, 0.15) is 0 Å². The maximum atomic E-state index is 3.79. The van der Waals surface area contributed by atoms with Crippen molar-refractivity contribution in [1.29, 1.82) is 0 Å². The fourth-order valence-corrected chi connectivity index (χ4v) is 10.1. The fraction of sp³-hybridized carbons (Fsp3) is 0. The van der Waals surface area contributed by atoms with Crippen molar-refractivity contribution in [2.45, 2.75) is 0 Å². The molecule has 3 nitrogen and oxygen atoms in total. The number of para-hydroxylation sites is 5. The molecule has 1 N–H and O–H groups in total. The zero-order chi connectivity index (χ0) is 41.4. The second-order valence-corrected chi connectivity index (χ2v) is 16.6. The molecule has 0 saturated heterocycles. The van der Waals surface area contributed by atoms with Gasteiger partial charge in [-0.15, -0.1) is 0 Å². The van der Waals surface area contributed by atoms with E-state index < -0.39 is 0 Å². The molecule has 0 radical (unpaired) electrons. The minimum Gasteiger partial charge on any atom is -0.354 e. The molecule has 294 valence electrons. The van der Waals surface area contributed by atoms with E-state index >= 15 is 0 Å². The van der Waals surface area contributed by atoms with Crippen molar-refractivity contribution < 1.29 is 0 Å². The molecule has 3 heterocycles. The molecule has 0 aliphatic carbocycles. The largest absolute Gasteiger partial charge is 0.354 e. The first kappa shape index (κ1) is 35.4. The number of aromatic amines is 1. The summed E-state index contributed by atoms with van der Waals surface area (Å²) in [5.74, 6) is 0. The Morgan fingerprint density at radius 1 is 0.254 bits per heavy atom. The minimum absolute atomic E-state index is 1.14. The van der Waals surface area contributed by atoms with Crippen LogP contribution in [0.4, 0.5) is 0 Å². The lowest BCUT2D eigenvalue weighted by atomic mass is 9.93. The summed E-state index contributed by atoms with van der Waals surface area (Å²) in [5, 5.41) is 7.50. The SMILES string of the molecule is c1ccc(-n2c3ccccc3c3ccc(-c4ccc(-c5cc(-c6ccc(-c7ccc8c9ccccc9n(-c9ccccc9)c8c7)cc6)c6[nH]c7ccccc7c6c5)cc4)cc32)cc1. The third-order valence-corrected chi connectivity index (χ3v) is 13.1. The Kier molecular flexibility index (Phi) is 7.91. The summed E-state index contributed by atoms with van der Waals surface area (Å²) in [4.78, 5) is 3.79. The van der Waals surface area contributed by atoms with Crippen LogP contribution in [0.5, 0.6) is 0 Å². The van der Waals surface area contributed by atoms with E-state index in [-0.39, 0.29) is 0 Å². The van der Waals surface area contributed by atoms with Gasteiger partial charge in [0.2, 0.25) is 0 Å². The molecule has 0 spiro atoms. The van der Waals surface area contributed by atoms with Crippen molar-refractivity contribution in [2.75, 3.05) is 0 Å². The van der Waals surface area contributed by atoms with Crippen molar-refractivity contribution in [3.05, 3.63) is 231 Å². The van der Waals surface area contributed by atoms with Crippen molar-refractivity contribution >= 4 is 65.4 Å². The van der Waals surface area contributed by atoms with Gasteiger partial charge in [-0.2, -0.15) is 0 Å². The topological polar surface area (TPSA) is 25.6 Å². The summed E-state index contributed by atoms with van der Waals surface area (Å²) in [5.41, 5.74) is 19.0. The Morgan fingerprint density at radius 2 is 0.667 bits per heavy atom. The lowest BCUT2D eigenvalue weighted by Gasteiger charge is -2.12. The number of nitrogens with zero attached hydrogens (tertiary/aromatic N) is 2. The number of rotatable bonds is 6. The third-order valence-electron chi connectivity index (χ3n) is 13.1. The summed E-state index contributed by atoms with van der Waals surface area (Å²) in [6.07, 6.45) is 0. The smallest absolute Gasteiger partial charge is 0.0547 e. The average Bonchev–Trinajstić information content (AvgIpc) is 4.02. The first-order valence-electron chi connectivity index (χ1n) is 21.7. The number of fused-ring (bicyclic) bond motifs is 9. The lowest BCUT2D eigenvalue weighted by molar-refractivity contribution is 1.18. The standard InChI is InChI=1S/C60H39N3/c1-3-13-46(14-4-1)62-56-21-11-8-18-49(56)51-33-31-43(37-58(51)62)39-23-25-41(26-24-39)45-35-53(60-54(36-45)48-17-7-10-20-55(48)61-60)42-29-27-40(28-30-42)44-32-34-52-50-19-9-12-22-57(50)63(59(52)38-44)47-15-5-2-6-16-47/h1-38,61H. The maximum Gasteiger partial charge on any atom is 0.0547 e. The van der Waals surface area contributed by atoms with Gasteiger partial charge in [-0.3, -0.25) is 0 Å². The first-order valence-corrected chi connectivity index (χ1v) is 21.7. The highest BCUT2D eigenvalue weighted by molar-refractivity contribution is 6.14. The minimum atomic E-state index is 1.14. The number of hydrogen-bond acceptors (Lipinski definition) is 0. The van der Waals surface area contributed by atoms with E-state index in [2.05, 4.69) is 245 Å². The Balaban J connectivity index is 0.892. The van der Waals surface area contributed by atoms with E-state index in [1.165, 1.54) is 105 Å². The van der Waals surface area contributed by atoms with Gasteiger partial charge in [0.1, 0.15) is 0 Å². The summed E-state index contributed by atoms with van der Waals surface area (Å²) in [7, 11) is 0. The van der Waals surface area contributed by atoms with Crippen LogP contribution >= 0.6 is 0 Å². The number of aromatic nitrogens is 3. The van der Waals surface area contributed by atoms with Gasteiger partial charge in [-0.05, 0) is 106 Å². The monoisotopic (exact) mass is 801 g/mol. The Labute approximate surface area is 364 Å². The van der Waals surface area contributed by atoms with E-state index in [0.717, 1.165) is 16.7 Å². The zero-order valence-electron chi connectivity index (χ0n) is 34.3. The van der Waals surface area contributed by atoms with E-state index in [4.69, 9.17) is 0 Å². The van der Waals surface area contributed by atoms with Crippen LogP contribution in [0.15, 0.2) is 231 Å². The van der Waals surface area contributed by atoms with Crippen molar-refractivity contribution in [3.63, 3.8) is 0 Å². The molecule has 3 aromatic heterocycles. The molecule has 0 amide bonds. The zero-order valence-corrected chi connectivity index (χ0v) is 34.3. The Morgan fingerprint density at radius 3 is 1.21 bits per heavy atom. The maximum absolute atomic E-state index is 3.79. The van der Waals surface area contributed by atoms with E-state index in [0.29, 0.717) is 0 Å². The molecule has 0 aliphatic heterocycles. The van der Waals surface area contributed by atoms with Gasteiger partial charge in [0, 0.05) is 54.8 Å². The molecule has 0 atom stereocenters.